The number of phenolic OH excluding ortho intramolecular Hbond substituents is 1. The lowest BCUT2D eigenvalue weighted by Crippen LogP contribution is -2.25. The van der Waals surface area contributed by atoms with Gasteiger partial charge in [-0.15, -0.1) is 0 Å². The van der Waals surface area contributed by atoms with Crippen molar-refractivity contribution in [3.05, 3.63) is 24.3 Å². The molecular formula is C11H15N5O. The van der Waals surface area contributed by atoms with E-state index in [4.69, 9.17) is 0 Å². The SMILES string of the molecule is CCN(CC)c1nnnn1-c1ccccc1O. The molecule has 0 atom stereocenters. The Balaban J connectivity index is 2.47. The summed E-state index contributed by atoms with van der Waals surface area (Å²) in [5.41, 5.74) is 0.583. The normalized spacial score (nSPS) is 10.5. The molecule has 0 spiro atoms. The number of aromatic hydroxyl groups is 1. The van der Waals surface area contributed by atoms with Gasteiger partial charge in [0.2, 0.25) is 5.95 Å². The second-order valence-corrected chi connectivity index (χ2v) is 3.55. The Hall–Kier alpha value is -2.11. The van der Waals surface area contributed by atoms with Crippen LogP contribution in [0.2, 0.25) is 0 Å². The molecule has 90 valence electrons. The van der Waals surface area contributed by atoms with Gasteiger partial charge in [-0.25, -0.2) is 0 Å². The van der Waals surface area contributed by atoms with Crippen molar-refractivity contribution in [3.8, 4) is 11.4 Å². The Bertz CT molecular complexity index is 492. The van der Waals surface area contributed by atoms with E-state index in [0.29, 0.717) is 11.6 Å². The molecule has 0 saturated heterocycles. The quantitative estimate of drug-likeness (QED) is 0.859. The van der Waals surface area contributed by atoms with Gasteiger partial charge in [0.1, 0.15) is 11.4 Å². The maximum atomic E-state index is 9.80. The highest BCUT2D eigenvalue weighted by atomic mass is 16.3. The Kier molecular flexibility index (Phi) is 3.22. The van der Waals surface area contributed by atoms with Gasteiger partial charge in [-0.2, -0.15) is 4.68 Å². The lowest BCUT2D eigenvalue weighted by Gasteiger charge is -2.19. The number of phenols is 1. The zero-order valence-corrected chi connectivity index (χ0v) is 9.91. The Morgan fingerprint density at radius 3 is 2.59 bits per heavy atom. The van der Waals surface area contributed by atoms with E-state index in [-0.39, 0.29) is 5.75 Å². The molecule has 1 aromatic heterocycles. The van der Waals surface area contributed by atoms with Crippen LogP contribution in [-0.4, -0.2) is 38.4 Å². The summed E-state index contributed by atoms with van der Waals surface area (Å²) >= 11 is 0. The van der Waals surface area contributed by atoms with Gasteiger partial charge >= 0.3 is 0 Å². The van der Waals surface area contributed by atoms with Gasteiger partial charge in [0, 0.05) is 13.1 Å². The van der Waals surface area contributed by atoms with Crippen molar-refractivity contribution in [1.82, 2.24) is 20.2 Å². The van der Waals surface area contributed by atoms with Gasteiger partial charge in [0.05, 0.1) is 0 Å². The lowest BCUT2D eigenvalue weighted by atomic mass is 10.3. The minimum atomic E-state index is 0.160. The first-order chi connectivity index (χ1) is 8.27. The van der Waals surface area contributed by atoms with Crippen molar-refractivity contribution >= 4 is 5.95 Å². The van der Waals surface area contributed by atoms with Gasteiger partial charge in [-0.05, 0) is 36.4 Å². The summed E-state index contributed by atoms with van der Waals surface area (Å²) < 4.78 is 1.54. The molecule has 17 heavy (non-hydrogen) atoms. The molecule has 6 heteroatoms. The molecular weight excluding hydrogens is 218 g/mol. The second-order valence-electron chi connectivity index (χ2n) is 3.55. The van der Waals surface area contributed by atoms with E-state index in [0.717, 1.165) is 13.1 Å². The van der Waals surface area contributed by atoms with E-state index < -0.39 is 0 Å². The molecule has 0 fully saturated rings. The van der Waals surface area contributed by atoms with Crippen LogP contribution in [0.4, 0.5) is 5.95 Å². The summed E-state index contributed by atoms with van der Waals surface area (Å²) in [7, 11) is 0. The summed E-state index contributed by atoms with van der Waals surface area (Å²) in [6.07, 6.45) is 0. The van der Waals surface area contributed by atoms with Crippen LogP contribution in [0, 0.1) is 0 Å². The highest BCUT2D eigenvalue weighted by Gasteiger charge is 2.15. The fraction of sp³-hybridized carbons (Fsp3) is 0.364. The van der Waals surface area contributed by atoms with Crippen molar-refractivity contribution in [1.29, 1.82) is 0 Å². The molecule has 6 nitrogen and oxygen atoms in total. The lowest BCUT2D eigenvalue weighted by molar-refractivity contribution is 0.469. The number of para-hydroxylation sites is 2. The Labute approximate surface area is 99.5 Å². The van der Waals surface area contributed by atoms with Gasteiger partial charge in [-0.3, -0.25) is 0 Å². The van der Waals surface area contributed by atoms with Gasteiger partial charge in [-0.1, -0.05) is 17.2 Å². The zero-order chi connectivity index (χ0) is 12.3. The fourth-order valence-corrected chi connectivity index (χ4v) is 1.69. The van der Waals surface area contributed by atoms with Gasteiger partial charge in [0.15, 0.2) is 0 Å². The third-order valence-corrected chi connectivity index (χ3v) is 2.61. The number of tetrazole rings is 1. The van der Waals surface area contributed by atoms with E-state index >= 15 is 0 Å². The number of nitrogens with zero attached hydrogens (tertiary/aromatic N) is 5. The van der Waals surface area contributed by atoms with Crippen LogP contribution in [0.1, 0.15) is 13.8 Å². The molecule has 2 aromatic rings. The number of anilines is 1. The van der Waals surface area contributed by atoms with Crippen LogP contribution in [0.3, 0.4) is 0 Å². The van der Waals surface area contributed by atoms with Crippen molar-refractivity contribution in [2.75, 3.05) is 18.0 Å². The molecule has 0 saturated carbocycles. The van der Waals surface area contributed by atoms with Gasteiger partial charge in [0.25, 0.3) is 0 Å². The maximum absolute atomic E-state index is 9.80. The van der Waals surface area contributed by atoms with Crippen LogP contribution in [0.5, 0.6) is 5.75 Å². The molecule has 1 aromatic carbocycles. The fourth-order valence-electron chi connectivity index (χ4n) is 1.69. The summed E-state index contributed by atoms with van der Waals surface area (Å²) in [5.74, 6) is 0.796. The number of aromatic nitrogens is 4. The first kappa shape index (κ1) is 11.4. The number of rotatable bonds is 4. The second kappa shape index (κ2) is 4.82. The van der Waals surface area contributed by atoms with Crippen molar-refractivity contribution in [2.24, 2.45) is 0 Å². The van der Waals surface area contributed by atoms with E-state index in [1.54, 1.807) is 22.9 Å². The summed E-state index contributed by atoms with van der Waals surface area (Å²) in [6.45, 7) is 5.69. The largest absolute Gasteiger partial charge is 0.506 e. The highest BCUT2D eigenvalue weighted by molar-refractivity contribution is 5.49. The van der Waals surface area contributed by atoms with E-state index in [1.807, 2.05) is 24.8 Å². The topological polar surface area (TPSA) is 67.1 Å². The van der Waals surface area contributed by atoms with E-state index in [2.05, 4.69) is 15.5 Å². The van der Waals surface area contributed by atoms with Crippen LogP contribution in [0.15, 0.2) is 24.3 Å². The predicted molar refractivity (Wildman–Crippen MR) is 64.4 cm³/mol. The standard InChI is InChI=1S/C11H15N5O/c1-3-15(4-2)11-12-13-14-16(11)9-7-5-6-8-10(9)17/h5-8,17H,3-4H2,1-2H3. The summed E-state index contributed by atoms with van der Waals surface area (Å²) in [4.78, 5) is 2.02. The predicted octanol–water partition coefficient (Wildman–Crippen LogP) is 1.21. The Morgan fingerprint density at radius 1 is 1.24 bits per heavy atom. The first-order valence-electron chi connectivity index (χ1n) is 5.59. The minimum absolute atomic E-state index is 0.160. The monoisotopic (exact) mass is 233 g/mol. The molecule has 0 aliphatic heterocycles. The number of hydrogen-bond donors (Lipinski definition) is 1. The number of hydrogen-bond acceptors (Lipinski definition) is 5. The van der Waals surface area contributed by atoms with Crippen LogP contribution < -0.4 is 4.90 Å². The van der Waals surface area contributed by atoms with Crippen molar-refractivity contribution in [2.45, 2.75) is 13.8 Å². The van der Waals surface area contributed by atoms with Crippen LogP contribution in [-0.2, 0) is 0 Å². The molecule has 0 unspecified atom stereocenters. The molecule has 0 bridgehead atoms. The minimum Gasteiger partial charge on any atom is -0.506 e. The van der Waals surface area contributed by atoms with Crippen molar-refractivity contribution < 1.29 is 5.11 Å². The van der Waals surface area contributed by atoms with Crippen LogP contribution >= 0.6 is 0 Å². The molecule has 0 radical (unpaired) electrons. The third-order valence-electron chi connectivity index (χ3n) is 2.61. The molecule has 0 aliphatic rings. The van der Waals surface area contributed by atoms with Gasteiger partial charge < -0.3 is 10.0 Å². The average Bonchev–Trinajstić information content (AvgIpc) is 2.80. The maximum Gasteiger partial charge on any atom is 0.250 e. The molecule has 1 N–H and O–H groups in total. The number of benzene rings is 1. The van der Waals surface area contributed by atoms with E-state index in [1.165, 1.54) is 0 Å². The first-order valence-corrected chi connectivity index (χ1v) is 5.59. The molecule has 1 heterocycles. The van der Waals surface area contributed by atoms with Crippen LogP contribution in [0.25, 0.3) is 5.69 Å². The average molecular weight is 233 g/mol. The third kappa shape index (κ3) is 2.06. The van der Waals surface area contributed by atoms with Crippen molar-refractivity contribution in [3.63, 3.8) is 0 Å². The highest BCUT2D eigenvalue weighted by Crippen LogP contribution is 2.23. The molecule has 2 rings (SSSR count). The molecule has 0 amide bonds. The summed E-state index contributed by atoms with van der Waals surface area (Å²) in [5, 5.41) is 21.4. The smallest absolute Gasteiger partial charge is 0.250 e. The van der Waals surface area contributed by atoms with E-state index in [9.17, 15) is 5.11 Å². The zero-order valence-electron chi connectivity index (χ0n) is 9.91. The Morgan fingerprint density at radius 2 is 1.94 bits per heavy atom. The summed E-state index contributed by atoms with van der Waals surface area (Å²) in [6, 6.07) is 6.99. The molecule has 0 aliphatic carbocycles.